The Bertz CT molecular complexity index is 1960. The van der Waals surface area contributed by atoms with E-state index in [0.717, 1.165) is 108 Å². The summed E-state index contributed by atoms with van der Waals surface area (Å²) in [5.74, 6) is 0.289. The number of phosphoric ester groups is 2. The molecule has 600 valence electrons. The Labute approximate surface area is 619 Å². The van der Waals surface area contributed by atoms with Gasteiger partial charge in [-0.05, 0) is 43.4 Å². The first kappa shape index (κ1) is 99.1. The number of carbonyl (C=O) groups excluding carboxylic acids is 4. The molecule has 0 saturated heterocycles. The summed E-state index contributed by atoms with van der Waals surface area (Å²) in [5.41, 5.74) is 0. The summed E-state index contributed by atoms with van der Waals surface area (Å²) in [6, 6.07) is 0. The predicted molar refractivity (Wildman–Crippen MR) is 414 cm³/mol. The van der Waals surface area contributed by atoms with Crippen molar-refractivity contribution in [3.05, 3.63) is 0 Å². The van der Waals surface area contributed by atoms with E-state index in [1.165, 1.54) is 238 Å². The Hall–Kier alpha value is -1.94. The second kappa shape index (κ2) is 72.3. The van der Waals surface area contributed by atoms with E-state index in [1.807, 2.05) is 0 Å². The maximum atomic E-state index is 13.1. The van der Waals surface area contributed by atoms with E-state index >= 15 is 0 Å². The molecule has 0 aliphatic carbocycles. The predicted octanol–water partition coefficient (Wildman–Crippen LogP) is 24.5. The normalized spacial score (nSPS) is 14.2. The minimum atomic E-state index is -4.96. The summed E-state index contributed by atoms with van der Waals surface area (Å²) in [5, 5.41) is 10.7. The highest BCUT2D eigenvalue weighted by Gasteiger charge is 2.30. The van der Waals surface area contributed by atoms with Crippen LogP contribution in [0.5, 0.6) is 0 Å². The molecular weight excluding hydrogens is 1320 g/mol. The molecule has 0 fully saturated rings. The Balaban J connectivity index is 5.27. The minimum Gasteiger partial charge on any atom is -0.462 e. The van der Waals surface area contributed by atoms with Crippen molar-refractivity contribution >= 4 is 39.5 Å². The van der Waals surface area contributed by atoms with Gasteiger partial charge in [0.1, 0.15) is 19.3 Å². The standard InChI is InChI=1S/C82H160O17P2/c1-8-10-11-12-13-14-15-20-27-35-42-49-56-63-79(84)92-70-78(99-82(87)66-59-52-45-38-31-30-34-41-48-55-62-75(7)9-2)72-97-101(90,91)95-68-76(83)67-94-100(88,89)96-71-77(69-93-80(85)64-57-50-43-36-28-24-19-22-26-33-40-47-54-61-74(5)6)98-81(86)65-58-51-44-37-29-23-18-16-17-21-25-32-39-46-53-60-73(3)4/h73-78,83H,8-72H2,1-7H3,(H,88,89)(H,90,91)/t75?,76-,77-,78-/m1/s1. The monoisotopic (exact) mass is 1480 g/mol. The first-order valence-corrected chi connectivity index (χ1v) is 45.4. The van der Waals surface area contributed by atoms with Gasteiger partial charge in [-0.15, -0.1) is 0 Å². The molecule has 0 aliphatic heterocycles. The van der Waals surface area contributed by atoms with Gasteiger partial charge < -0.3 is 33.8 Å². The van der Waals surface area contributed by atoms with E-state index < -0.39 is 97.5 Å². The van der Waals surface area contributed by atoms with Gasteiger partial charge in [0.25, 0.3) is 0 Å². The smallest absolute Gasteiger partial charge is 0.462 e. The molecule has 0 aliphatic rings. The van der Waals surface area contributed by atoms with Crippen LogP contribution in [0.2, 0.25) is 0 Å². The molecule has 3 N–H and O–H groups in total. The molecule has 0 heterocycles. The quantitative estimate of drug-likeness (QED) is 0.0222. The SMILES string of the molecule is CCCCCCCCCCCCCCCC(=O)OC[C@H](COP(=O)(O)OC[C@H](O)COP(=O)(O)OC[C@@H](COC(=O)CCCCCCCCCCCCCCCC(C)C)OC(=O)CCCCCCCCCCCCCCCCCC(C)C)OC(=O)CCCCCCCCCCCCC(C)CC. The van der Waals surface area contributed by atoms with Gasteiger partial charge in [0.15, 0.2) is 12.2 Å². The van der Waals surface area contributed by atoms with Crippen LogP contribution in [-0.4, -0.2) is 96.7 Å². The fourth-order valence-corrected chi connectivity index (χ4v) is 14.2. The van der Waals surface area contributed by atoms with E-state index in [-0.39, 0.29) is 25.7 Å². The molecule has 0 spiro atoms. The van der Waals surface area contributed by atoms with E-state index in [0.29, 0.717) is 25.7 Å². The number of rotatable bonds is 80. The minimum absolute atomic E-state index is 0.107. The van der Waals surface area contributed by atoms with Crippen LogP contribution in [0.4, 0.5) is 0 Å². The third kappa shape index (κ3) is 74.7. The van der Waals surface area contributed by atoms with Crippen LogP contribution in [-0.2, 0) is 65.4 Å². The Morgan fingerprint density at radius 2 is 0.505 bits per heavy atom. The Morgan fingerprint density at radius 3 is 0.752 bits per heavy atom. The number of phosphoric acid groups is 2. The lowest BCUT2D eigenvalue weighted by Crippen LogP contribution is -2.30. The summed E-state index contributed by atoms with van der Waals surface area (Å²) in [4.78, 5) is 73.1. The lowest BCUT2D eigenvalue weighted by atomic mass is 9.99. The van der Waals surface area contributed by atoms with Gasteiger partial charge in [0.05, 0.1) is 26.4 Å². The number of aliphatic hydroxyl groups excluding tert-OH is 1. The molecule has 19 heteroatoms. The van der Waals surface area contributed by atoms with Crippen molar-refractivity contribution in [1.82, 2.24) is 0 Å². The second-order valence-electron chi connectivity index (χ2n) is 30.7. The average Bonchev–Trinajstić information content (AvgIpc) is 0.916. The number of carbonyl (C=O) groups is 4. The molecule has 3 unspecified atom stereocenters. The molecule has 0 aromatic heterocycles. The molecule has 0 amide bonds. The van der Waals surface area contributed by atoms with E-state index in [1.54, 1.807) is 0 Å². The number of unbranched alkanes of at least 4 members (excludes halogenated alkanes) is 47. The van der Waals surface area contributed by atoms with Crippen molar-refractivity contribution < 1.29 is 80.2 Å². The van der Waals surface area contributed by atoms with Crippen LogP contribution in [0, 0.1) is 17.8 Å². The first-order chi connectivity index (χ1) is 48.8. The molecule has 0 saturated carbocycles. The average molecular weight is 1480 g/mol. The van der Waals surface area contributed by atoms with Crippen molar-refractivity contribution in [2.45, 2.75) is 446 Å². The largest absolute Gasteiger partial charge is 0.472 e. The lowest BCUT2D eigenvalue weighted by Gasteiger charge is -2.21. The van der Waals surface area contributed by atoms with Gasteiger partial charge in [0.2, 0.25) is 0 Å². The number of hydrogen-bond acceptors (Lipinski definition) is 15. The molecule has 0 aromatic carbocycles. The van der Waals surface area contributed by atoms with Gasteiger partial charge >= 0.3 is 39.5 Å². The number of aliphatic hydroxyl groups is 1. The number of ether oxygens (including phenoxy) is 4. The molecule has 6 atom stereocenters. The Morgan fingerprint density at radius 1 is 0.287 bits per heavy atom. The zero-order valence-electron chi connectivity index (χ0n) is 66.4. The summed E-state index contributed by atoms with van der Waals surface area (Å²) in [7, 11) is -9.92. The van der Waals surface area contributed by atoms with Crippen LogP contribution in [0.3, 0.4) is 0 Å². The zero-order chi connectivity index (χ0) is 74.4. The maximum Gasteiger partial charge on any atom is 0.472 e. The van der Waals surface area contributed by atoms with E-state index in [2.05, 4.69) is 48.5 Å². The van der Waals surface area contributed by atoms with E-state index in [9.17, 15) is 43.2 Å². The molecule has 0 radical (unpaired) electrons. The van der Waals surface area contributed by atoms with Crippen molar-refractivity contribution in [3.8, 4) is 0 Å². The van der Waals surface area contributed by atoms with Crippen LogP contribution in [0.25, 0.3) is 0 Å². The van der Waals surface area contributed by atoms with Gasteiger partial charge in [-0.25, -0.2) is 9.13 Å². The highest BCUT2D eigenvalue weighted by atomic mass is 31.2. The van der Waals surface area contributed by atoms with Crippen LogP contribution < -0.4 is 0 Å². The molecular formula is C82H160O17P2. The molecule has 0 rings (SSSR count). The van der Waals surface area contributed by atoms with Crippen molar-refractivity contribution in [2.24, 2.45) is 17.8 Å². The number of hydrogen-bond donors (Lipinski definition) is 3. The van der Waals surface area contributed by atoms with Gasteiger partial charge in [0, 0.05) is 25.7 Å². The van der Waals surface area contributed by atoms with Gasteiger partial charge in [-0.3, -0.25) is 37.3 Å². The third-order valence-corrected chi connectivity index (χ3v) is 21.4. The molecule has 17 nitrogen and oxygen atoms in total. The molecule has 0 aromatic rings. The van der Waals surface area contributed by atoms with Gasteiger partial charge in [-0.2, -0.15) is 0 Å². The van der Waals surface area contributed by atoms with Crippen LogP contribution in [0.15, 0.2) is 0 Å². The van der Waals surface area contributed by atoms with Crippen molar-refractivity contribution in [1.29, 1.82) is 0 Å². The zero-order valence-corrected chi connectivity index (χ0v) is 68.2. The third-order valence-electron chi connectivity index (χ3n) is 19.5. The van der Waals surface area contributed by atoms with Crippen LogP contribution in [0.1, 0.15) is 427 Å². The molecule has 0 bridgehead atoms. The Kier molecular flexibility index (Phi) is 70.9. The first-order valence-electron chi connectivity index (χ1n) is 42.4. The highest BCUT2D eigenvalue weighted by molar-refractivity contribution is 7.47. The second-order valence-corrected chi connectivity index (χ2v) is 33.6. The summed E-state index contributed by atoms with van der Waals surface area (Å²) in [6.45, 7) is 12.0. The number of esters is 4. The summed E-state index contributed by atoms with van der Waals surface area (Å²) in [6.07, 6.45) is 60.8. The topological polar surface area (TPSA) is 237 Å². The van der Waals surface area contributed by atoms with Gasteiger partial charge in [-0.1, -0.05) is 376 Å². The van der Waals surface area contributed by atoms with Crippen molar-refractivity contribution in [3.63, 3.8) is 0 Å². The molecule has 101 heavy (non-hydrogen) atoms. The fraction of sp³-hybridized carbons (Fsp3) is 0.951. The summed E-state index contributed by atoms with van der Waals surface area (Å²) >= 11 is 0. The lowest BCUT2D eigenvalue weighted by molar-refractivity contribution is -0.161. The maximum absolute atomic E-state index is 13.1. The summed E-state index contributed by atoms with van der Waals surface area (Å²) < 4.78 is 68.8. The van der Waals surface area contributed by atoms with Crippen molar-refractivity contribution in [2.75, 3.05) is 39.6 Å². The highest BCUT2D eigenvalue weighted by Crippen LogP contribution is 2.45. The van der Waals surface area contributed by atoms with E-state index in [4.69, 9.17) is 37.0 Å². The fourth-order valence-electron chi connectivity index (χ4n) is 12.6. The van der Waals surface area contributed by atoms with Crippen LogP contribution >= 0.6 is 15.6 Å².